The number of hydrogen-bond acceptors (Lipinski definition) is 5. The highest BCUT2D eigenvalue weighted by Crippen LogP contribution is 2.27. The maximum atomic E-state index is 13.0. The van der Waals surface area contributed by atoms with Crippen molar-refractivity contribution in [3.8, 4) is 11.3 Å². The van der Waals surface area contributed by atoms with Gasteiger partial charge in [-0.05, 0) is 6.07 Å². The zero-order chi connectivity index (χ0) is 20.3. The number of imidazole rings is 1. The van der Waals surface area contributed by atoms with Crippen molar-refractivity contribution in [2.24, 2.45) is 0 Å². The van der Waals surface area contributed by atoms with E-state index in [9.17, 15) is 14.7 Å². The number of carbonyl (C=O) groups excluding carboxylic acids is 1. The Morgan fingerprint density at radius 1 is 1.36 bits per heavy atom. The second-order valence-corrected chi connectivity index (χ2v) is 6.51. The van der Waals surface area contributed by atoms with E-state index in [0.29, 0.717) is 16.3 Å². The minimum absolute atomic E-state index is 0.0173. The summed E-state index contributed by atoms with van der Waals surface area (Å²) >= 11 is 6.30. The van der Waals surface area contributed by atoms with E-state index in [2.05, 4.69) is 16.9 Å². The van der Waals surface area contributed by atoms with Gasteiger partial charge in [0.2, 0.25) is 5.65 Å². The van der Waals surface area contributed by atoms with Crippen LogP contribution in [0.15, 0.2) is 54.1 Å². The Balaban J connectivity index is 2.10. The number of aliphatic hydroxyl groups is 2. The van der Waals surface area contributed by atoms with Crippen LogP contribution in [-0.2, 0) is 6.54 Å². The largest absolute Gasteiger partial charge is 0.394 e. The smallest absolute Gasteiger partial charge is 0.295 e. The number of rotatable bonds is 7. The lowest BCUT2D eigenvalue weighted by Crippen LogP contribution is -2.34. The Bertz CT molecular complexity index is 1090. The highest BCUT2D eigenvalue weighted by Gasteiger charge is 2.18. The summed E-state index contributed by atoms with van der Waals surface area (Å²) in [5.74, 6) is -0.565. The first-order valence-electron chi connectivity index (χ1n) is 8.51. The Morgan fingerprint density at radius 3 is 2.79 bits per heavy atom. The molecule has 28 heavy (non-hydrogen) atoms. The number of hydrogen-bond donors (Lipinski definition) is 3. The van der Waals surface area contributed by atoms with Gasteiger partial charge in [0.05, 0.1) is 18.4 Å². The van der Waals surface area contributed by atoms with Crippen molar-refractivity contribution in [1.82, 2.24) is 19.3 Å². The fraction of sp³-hybridized carbons (Fsp3) is 0.211. The van der Waals surface area contributed by atoms with Crippen molar-refractivity contribution < 1.29 is 15.0 Å². The third-order valence-electron chi connectivity index (χ3n) is 4.12. The standard InChI is InChI=1S/C19H19ClN4O4/c1-2-7-24-16(13-5-3-4-6-14(13)20)10-23-9-15(22-17(23)19(24)28)18(27)21-8-12(26)11-25/h2-6,9-10,12,25-26H,1,7-8,11H2,(H,21,27)/t12-/m0/s1. The molecule has 9 heteroatoms. The van der Waals surface area contributed by atoms with E-state index in [0.717, 1.165) is 0 Å². The van der Waals surface area contributed by atoms with Crippen LogP contribution in [0.3, 0.4) is 0 Å². The molecule has 0 aliphatic carbocycles. The monoisotopic (exact) mass is 402 g/mol. The van der Waals surface area contributed by atoms with E-state index < -0.39 is 24.2 Å². The lowest BCUT2D eigenvalue weighted by molar-refractivity contribution is 0.0799. The van der Waals surface area contributed by atoms with Crippen LogP contribution in [0.4, 0.5) is 0 Å². The summed E-state index contributed by atoms with van der Waals surface area (Å²) in [7, 11) is 0. The van der Waals surface area contributed by atoms with Gasteiger partial charge < -0.3 is 15.5 Å². The molecule has 2 aromatic heterocycles. The number of nitrogens with zero attached hydrogens (tertiary/aromatic N) is 3. The molecule has 3 N–H and O–H groups in total. The number of benzene rings is 1. The third kappa shape index (κ3) is 3.84. The number of allylic oxidation sites excluding steroid dienone is 1. The topological polar surface area (TPSA) is 109 Å². The van der Waals surface area contributed by atoms with Crippen LogP contribution in [-0.4, -0.2) is 49.3 Å². The zero-order valence-corrected chi connectivity index (χ0v) is 15.6. The number of fused-ring (bicyclic) bond motifs is 1. The van der Waals surface area contributed by atoms with Gasteiger partial charge in [0.1, 0.15) is 5.69 Å². The van der Waals surface area contributed by atoms with Crippen molar-refractivity contribution in [1.29, 1.82) is 0 Å². The van der Waals surface area contributed by atoms with E-state index in [-0.39, 0.29) is 24.4 Å². The maximum absolute atomic E-state index is 13.0. The lowest BCUT2D eigenvalue weighted by Gasteiger charge is -2.13. The average molecular weight is 403 g/mol. The van der Waals surface area contributed by atoms with E-state index >= 15 is 0 Å². The number of nitrogens with one attached hydrogen (secondary N) is 1. The van der Waals surface area contributed by atoms with Gasteiger partial charge in [0.25, 0.3) is 11.5 Å². The van der Waals surface area contributed by atoms with E-state index in [4.69, 9.17) is 16.7 Å². The van der Waals surface area contributed by atoms with Crippen molar-refractivity contribution in [2.45, 2.75) is 12.6 Å². The Labute approximate surface area is 165 Å². The van der Waals surface area contributed by atoms with Gasteiger partial charge in [-0.15, -0.1) is 6.58 Å². The number of aliphatic hydroxyl groups excluding tert-OH is 2. The number of aromatic nitrogens is 3. The Hall–Kier alpha value is -2.94. The average Bonchev–Trinajstić information content (AvgIpc) is 3.13. The number of amides is 1. The van der Waals surface area contributed by atoms with Gasteiger partial charge in [0, 0.05) is 36.1 Å². The van der Waals surface area contributed by atoms with Crippen molar-refractivity contribution in [2.75, 3.05) is 13.2 Å². The quantitative estimate of drug-likeness (QED) is 0.512. The fourth-order valence-electron chi connectivity index (χ4n) is 2.75. The summed E-state index contributed by atoms with van der Waals surface area (Å²) in [4.78, 5) is 29.3. The molecule has 146 valence electrons. The highest BCUT2D eigenvalue weighted by atomic mass is 35.5. The second kappa shape index (κ2) is 8.39. The molecule has 1 amide bonds. The van der Waals surface area contributed by atoms with Gasteiger partial charge in [-0.25, -0.2) is 4.98 Å². The van der Waals surface area contributed by atoms with Gasteiger partial charge in [-0.1, -0.05) is 35.9 Å². The summed E-state index contributed by atoms with van der Waals surface area (Å²) in [6.07, 6.45) is 3.62. The van der Waals surface area contributed by atoms with Crippen LogP contribution in [0.1, 0.15) is 10.5 Å². The molecule has 0 aliphatic rings. The van der Waals surface area contributed by atoms with Crippen LogP contribution >= 0.6 is 11.6 Å². The SMILES string of the molecule is C=CCn1c(-c2ccccc2Cl)cn2cc(C(=O)NC[C@H](O)CO)nc2c1=O. The third-order valence-corrected chi connectivity index (χ3v) is 4.45. The molecular weight excluding hydrogens is 384 g/mol. The zero-order valence-electron chi connectivity index (χ0n) is 14.9. The van der Waals surface area contributed by atoms with Crippen molar-refractivity contribution in [3.05, 3.63) is 70.4 Å². The molecule has 0 saturated carbocycles. The van der Waals surface area contributed by atoms with Crippen LogP contribution in [0.2, 0.25) is 5.02 Å². The molecule has 0 aliphatic heterocycles. The molecule has 0 radical (unpaired) electrons. The number of halogens is 1. The van der Waals surface area contributed by atoms with E-state index in [1.54, 1.807) is 30.5 Å². The maximum Gasteiger partial charge on any atom is 0.295 e. The highest BCUT2D eigenvalue weighted by molar-refractivity contribution is 6.33. The van der Waals surface area contributed by atoms with Gasteiger partial charge in [-0.2, -0.15) is 0 Å². The van der Waals surface area contributed by atoms with Gasteiger partial charge >= 0.3 is 0 Å². The molecule has 3 rings (SSSR count). The molecule has 3 aromatic rings. The molecular formula is C19H19ClN4O4. The minimum Gasteiger partial charge on any atom is -0.394 e. The molecule has 0 spiro atoms. The Morgan fingerprint density at radius 2 is 2.11 bits per heavy atom. The molecule has 1 aromatic carbocycles. The first-order valence-corrected chi connectivity index (χ1v) is 8.89. The summed E-state index contributed by atoms with van der Waals surface area (Å²) in [6.45, 7) is 3.33. The predicted molar refractivity (Wildman–Crippen MR) is 106 cm³/mol. The summed E-state index contributed by atoms with van der Waals surface area (Å²) in [5, 5.41) is 21.1. The molecule has 1 atom stereocenters. The summed E-state index contributed by atoms with van der Waals surface area (Å²) in [5.41, 5.74) is 0.917. The van der Waals surface area contributed by atoms with Crippen LogP contribution < -0.4 is 10.9 Å². The molecule has 0 unspecified atom stereocenters. The number of carbonyl (C=O) groups is 1. The summed E-state index contributed by atoms with van der Waals surface area (Å²) < 4.78 is 2.95. The van der Waals surface area contributed by atoms with Crippen LogP contribution in [0.25, 0.3) is 16.9 Å². The van der Waals surface area contributed by atoms with Gasteiger partial charge in [-0.3, -0.25) is 18.6 Å². The molecule has 2 heterocycles. The summed E-state index contributed by atoms with van der Waals surface area (Å²) in [6, 6.07) is 7.13. The van der Waals surface area contributed by atoms with E-state index in [1.165, 1.54) is 15.2 Å². The van der Waals surface area contributed by atoms with Gasteiger partial charge in [0.15, 0.2) is 0 Å². The fourth-order valence-corrected chi connectivity index (χ4v) is 2.98. The predicted octanol–water partition coefficient (Wildman–Crippen LogP) is 1.09. The van der Waals surface area contributed by atoms with Crippen LogP contribution in [0.5, 0.6) is 0 Å². The van der Waals surface area contributed by atoms with Crippen molar-refractivity contribution in [3.63, 3.8) is 0 Å². The molecule has 0 fully saturated rings. The molecule has 0 saturated heterocycles. The van der Waals surface area contributed by atoms with E-state index in [1.807, 2.05) is 6.07 Å². The molecule has 0 bridgehead atoms. The normalized spacial score (nSPS) is 12.1. The Kier molecular flexibility index (Phi) is 5.93. The van der Waals surface area contributed by atoms with Crippen molar-refractivity contribution >= 4 is 23.2 Å². The first kappa shape index (κ1) is 19.8. The molecule has 8 nitrogen and oxygen atoms in total. The van der Waals surface area contributed by atoms with Crippen LogP contribution in [0, 0.1) is 0 Å². The minimum atomic E-state index is -1.07. The second-order valence-electron chi connectivity index (χ2n) is 6.10. The first-order chi connectivity index (χ1) is 13.5. The lowest BCUT2D eigenvalue weighted by atomic mass is 10.1.